The van der Waals surface area contributed by atoms with Gasteiger partial charge in [0.1, 0.15) is 5.15 Å². The molecule has 1 aromatic heterocycles. The average molecular weight is 303 g/mol. The molecule has 0 radical (unpaired) electrons. The van der Waals surface area contributed by atoms with Crippen LogP contribution in [0.4, 0.5) is 5.69 Å². The third kappa shape index (κ3) is 3.82. The standard InChI is InChI=1S/C17H19ClN2O/c1-11-9-14(10-19-15(11)18)20-16(21)12-5-7-13(8-6-12)17(2,3)4/h5-10H,1-4H3,(H,20,21). The van der Waals surface area contributed by atoms with E-state index in [4.69, 9.17) is 11.6 Å². The highest BCUT2D eigenvalue weighted by molar-refractivity contribution is 6.30. The zero-order valence-corrected chi connectivity index (χ0v) is 13.5. The first-order chi connectivity index (χ1) is 9.77. The molecular formula is C17H19ClN2O. The topological polar surface area (TPSA) is 42.0 Å². The first kappa shape index (κ1) is 15.5. The largest absolute Gasteiger partial charge is 0.321 e. The molecule has 1 N–H and O–H groups in total. The van der Waals surface area contributed by atoms with Gasteiger partial charge in [0.15, 0.2) is 0 Å². The molecule has 1 heterocycles. The Hall–Kier alpha value is -1.87. The number of carbonyl (C=O) groups excluding carboxylic acids is 1. The third-order valence-corrected chi connectivity index (χ3v) is 3.68. The Bertz CT molecular complexity index is 657. The van der Waals surface area contributed by atoms with Crippen molar-refractivity contribution in [3.05, 3.63) is 58.4 Å². The van der Waals surface area contributed by atoms with Crippen molar-refractivity contribution in [2.75, 3.05) is 5.32 Å². The monoisotopic (exact) mass is 302 g/mol. The average Bonchev–Trinajstić information content (AvgIpc) is 2.42. The van der Waals surface area contributed by atoms with Gasteiger partial charge in [0.05, 0.1) is 11.9 Å². The fourth-order valence-corrected chi connectivity index (χ4v) is 2.05. The molecule has 1 amide bonds. The summed E-state index contributed by atoms with van der Waals surface area (Å²) >= 11 is 5.87. The fraction of sp³-hybridized carbons (Fsp3) is 0.294. The Morgan fingerprint density at radius 2 is 1.81 bits per heavy atom. The molecule has 110 valence electrons. The smallest absolute Gasteiger partial charge is 0.255 e. The molecule has 0 aliphatic rings. The Morgan fingerprint density at radius 1 is 1.19 bits per heavy atom. The maximum atomic E-state index is 12.2. The Kier molecular flexibility index (Phi) is 4.33. The molecule has 2 aromatic rings. The first-order valence-electron chi connectivity index (χ1n) is 6.81. The number of nitrogens with one attached hydrogen (secondary N) is 1. The van der Waals surface area contributed by atoms with Crippen LogP contribution in [0.5, 0.6) is 0 Å². The van der Waals surface area contributed by atoms with Gasteiger partial charge in [-0.2, -0.15) is 0 Å². The quantitative estimate of drug-likeness (QED) is 0.824. The van der Waals surface area contributed by atoms with Crippen LogP contribution in [0.2, 0.25) is 5.15 Å². The SMILES string of the molecule is Cc1cc(NC(=O)c2ccc(C(C)(C)C)cc2)cnc1Cl. The fourth-order valence-electron chi connectivity index (χ4n) is 1.95. The van der Waals surface area contributed by atoms with Crippen molar-refractivity contribution in [2.45, 2.75) is 33.1 Å². The molecule has 0 unspecified atom stereocenters. The molecule has 1 aromatic carbocycles. The van der Waals surface area contributed by atoms with E-state index < -0.39 is 0 Å². The van der Waals surface area contributed by atoms with E-state index in [1.165, 1.54) is 5.56 Å². The molecule has 2 rings (SSSR count). The summed E-state index contributed by atoms with van der Waals surface area (Å²) in [7, 11) is 0. The number of hydrogen-bond acceptors (Lipinski definition) is 2. The van der Waals surface area contributed by atoms with E-state index in [2.05, 4.69) is 31.1 Å². The summed E-state index contributed by atoms with van der Waals surface area (Å²) in [5.41, 5.74) is 3.37. The van der Waals surface area contributed by atoms with Crippen LogP contribution in [0.25, 0.3) is 0 Å². The number of anilines is 1. The first-order valence-corrected chi connectivity index (χ1v) is 7.19. The van der Waals surface area contributed by atoms with Crippen molar-refractivity contribution < 1.29 is 4.79 Å². The summed E-state index contributed by atoms with van der Waals surface area (Å²) in [6, 6.07) is 9.45. The molecule has 0 fully saturated rings. The van der Waals surface area contributed by atoms with E-state index in [9.17, 15) is 4.79 Å². The maximum absolute atomic E-state index is 12.2. The Balaban J connectivity index is 2.15. The van der Waals surface area contributed by atoms with Gasteiger partial charge in [-0.3, -0.25) is 4.79 Å². The van der Waals surface area contributed by atoms with Crippen molar-refractivity contribution >= 4 is 23.2 Å². The van der Waals surface area contributed by atoms with Crippen LogP contribution in [0.15, 0.2) is 36.5 Å². The molecule has 0 saturated carbocycles. The van der Waals surface area contributed by atoms with E-state index in [0.29, 0.717) is 16.4 Å². The second kappa shape index (κ2) is 5.86. The number of aromatic nitrogens is 1. The van der Waals surface area contributed by atoms with Crippen LogP contribution in [0, 0.1) is 6.92 Å². The van der Waals surface area contributed by atoms with Crippen molar-refractivity contribution in [1.29, 1.82) is 0 Å². The van der Waals surface area contributed by atoms with Gasteiger partial charge in [-0.05, 0) is 41.7 Å². The van der Waals surface area contributed by atoms with Crippen LogP contribution in [-0.2, 0) is 5.41 Å². The van der Waals surface area contributed by atoms with Gasteiger partial charge in [-0.1, -0.05) is 44.5 Å². The third-order valence-electron chi connectivity index (χ3n) is 3.29. The highest BCUT2D eigenvalue weighted by atomic mass is 35.5. The van der Waals surface area contributed by atoms with E-state index in [1.807, 2.05) is 31.2 Å². The van der Waals surface area contributed by atoms with Crippen LogP contribution < -0.4 is 5.32 Å². The molecule has 0 saturated heterocycles. The molecule has 4 heteroatoms. The molecule has 0 atom stereocenters. The second-order valence-electron chi connectivity index (χ2n) is 6.11. The molecule has 0 aliphatic heterocycles. The summed E-state index contributed by atoms with van der Waals surface area (Å²) in [5.74, 6) is -0.154. The van der Waals surface area contributed by atoms with Crippen LogP contribution in [0.1, 0.15) is 42.3 Å². The van der Waals surface area contributed by atoms with Gasteiger partial charge in [0, 0.05) is 5.56 Å². The number of hydrogen-bond donors (Lipinski definition) is 1. The lowest BCUT2D eigenvalue weighted by Gasteiger charge is -2.19. The van der Waals surface area contributed by atoms with Gasteiger partial charge < -0.3 is 5.32 Å². The second-order valence-corrected chi connectivity index (χ2v) is 6.47. The molecule has 21 heavy (non-hydrogen) atoms. The van der Waals surface area contributed by atoms with Gasteiger partial charge in [-0.15, -0.1) is 0 Å². The van der Waals surface area contributed by atoms with E-state index in [1.54, 1.807) is 12.3 Å². The lowest BCUT2D eigenvalue weighted by atomic mass is 9.87. The van der Waals surface area contributed by atoms with Gasteiger partial charge in [0.25, 0.3) is 5.91 Å². The summed E-state index contributed by atoms with van der Waals surface area (Å²) in [5, 5.41) is 3.27. The Labute approximate surface area is 130 Å². The minimum Gasteiger partial charge on any atom is -0.321 e. The van der Waals surface area contributed by atoms with E-state index in [0.717, 1.165) is 5.56 Å². The van der Waals surface area contributed by atoms with E-state index in [-0.39, 0.29) is 11.3 Å². The number of benzene rings is 1. The summed E-state index contributed by atoms with van der Waals surface area (Å²) in [4.78, 5) is 16.2. The molecule has 0 spiro atoms. The number of pyridine rings is 1. The van der Waals surface area contributed by atoms with Crippen LogP contribution in [-0.4, -0.2) is 10.9 Å². The maximum Gasteiger partial charge on any atom is 0.255 e. The highest BCUT2D eigenvalue weighted by Gasteiger charge is 2.14. The number of halogens is 1. The number of carbonyl (C=O) groups is 1. The van der Waals surface area contributed by atoms with Crippen molar-refractivity contribution in [1.82, 2.24) is 4.98 Å². The lowest BCUT2D eigenvalue weighted by molar-refractivity contribution is 0.102. The molecular weight excluding hydrogens is 284 g/mol. The normalized spacial score (nSPS) is 11.3. The number of nitrogens with zero attached hydrogens (tertiary/aromatic N) is 1. The van der Waals surface area contributed by atoms with Crippen molar-refractivity contribution in [3.63, 3.8) is 0 Å². The van der Waals surface area contributed by atoms with Crippen LogP contribution >= 0.6 is 11.6 Å². The number of rotatable bonds is 2. The minimum absolute atomic E-state index is 0.0756. The number of aryl methyl sites for hydroxylation is 1. The van der Waals surface area contributed by atoms with Gasteiger partial charge in [-0.25, -0.2) is 4.98 Å². The van der Waals surface area contributed by atoms with Crippen molar-refractivity contribution in [2.24, 2.45) is 0 Å². The number of amides is 1. The summed E-state index contributed by atoms with van der Waals surface area (Å²) < 4.78 is 0. The summed E-state index contributed by atoms with van der Waals surface area (Å²) in [6.45, 7) is 8.28. The summed E-state index contributed by atoms with van der Waals surface area (Å²) in [6.07, 6.45) is 1.55. The Morgan fingerprint density at radius 3 is 2.33 bits per heavy atom. The predicted octanol–water partition coefficient (Wildman–Crippen LogP) is 4.59. The highest BCUT2D eigenvalue weighted by Crippen LogP contribution is 2.22. The lowest BCUT2D eigenvalue weighted by Crippen LogP contribution is -2.14. The zero-order valence-electron chi connectivity index (χ0n) is 12.7. The predicted molar refractivity (Wildman–Crippen MR) is 87.1 cm³/mol. The van der Waals surface area contributed by atoms with E-state index >= 15 is 0 Å². The molecule has 0 bridgehead atoms. The van der Waals surface area contributed by atoms with Crippen molar-refractivity contribution in [3.8, 4) is 0 Å². The van der Waals surface area contributed by atoms with Gasteiger partial charge >= 0.3 is 0 Å². The molecule has 3 nitrogen and oxygen atoms in total. The minimum atomic E-state index is -0.154. The zero-order chi connectivity index (χ0) is 15.6. The van der Waals surface area contributed by atoms with Crippen LogP contribution in [0.3, 0.4) is 0 Å². The van der Waals surface area contributed by atoms with Gasteiger partial charge in [0.2, 0.25) is 0 Å². The molecule has 0 aliphatic carbocycles.